The van der Waals surface area contributed by atoms with Gasteiger partial charge < -0.3 is 19.4 Å². The van der Waals surface area contributed by atoms with Crippen molar-refractivity contribution in [2.45, 2.75) is 125 Å². The predicted molar refractivity (Wildman–Crippen MR) is 245 cm³/mol. The molecule has 1 N–H and O–H groups in total. The fraction of sp³-hybridized carbons (Fsp3) is 0.510. The highest BCUT2D eigenvalue weighted by atomic mass is 32.2. The second-order valence-corrected chi connectivity index (χ2v) is 20.3. The van der Waals surface area contributed by atoms with E-state index in [1.54, 1.807) is 4.90 Å². The SMILES string of the molecule is CCCCn1cc[n+](CC(=O)N2CCC(C(=O)ON3C(=O)CCC3=O)CC2)c1C1=c2cc3c(cc2Oc2cc4c(cc21)C(CS(=O)(=O)O)=CC(C)(C)N4CC)=[N+](CC)C(C)(C)C=C3CC. The van der Waals surface area contributed by atoms with E-state index in [0.29, 0.717) is 66.7 Å². The van der Waals surface area contributed by atoms with E-state index in [1.165, 1.54) is 5.57 Å². The van der Waals surface area contributed by atoms with Crippen molar-refractivity contribution < 1.29 is 46.3 Å². The number of rotatable bonds is 13. The van der Waals surface area contributed by atoms with Crippen LogP contribution in [0.25, 0.3) is 16.7 Å². The minimum absolute atomic E-state index is 0.00508. The first-order valence-electron chi connectivity index (χ1n) is 23.1. The molecule has 5 aliphatic heterocycles. The van der Waals surface area contributed by atoms with Gasteiger partial charge in [0.15, 0.2) is 12.1 Å². The lowest BCUT2D eigenvalue weighted by Crippen LogP contribution is -2.50. The third-order valence-corrected chi connectivity index (χ3v) is 14.3. The molecule has 15 nitrogen and oxygen atoms in total. The smallest absolute Gasteiger partial charge is 0.336 e. The van der Waals surface area contributed by atoms with Gasteiger partial charge in [0.2, 0.25) is 5.36 Å². The van der Waals surface area contributed by atoms with Gasteiger partial charge in [-0.05, 0) is 82.7 Å². The highest BCUT2D eigenvalue weighted by molar-refractivity contribution is 7.86. The molecular weight excluding hydrogens is 849 g/mol. The van der Waals surface area contributed by atoms with Crippen LogP contribution in [0.3, 0.4) is 0 Å². The number of anilines is 1. The van der Waals surface area contributed by atoms with Gasteiger partial charge in [-0.25, -0.2) is 18.5 Å². The number of unbranched alkanes of at least 4 members (excludes halogenated alkanes) is 1. The molecule has 6 heterocycles. The number of carbonyl (C=O) groups excluding carboxylic acids is 4. The van der Waals surface area contributed by atoms with E-state index in [9.17, 15) is 32.1 Å². The molecule has 65 heavy (non-hydrogen) atoms. The molecule has 2 aromatic carbocycles. The molecule has 0 spiro atoms. The van der Waals surface area contributed by atoms with Crippen molar-refractivity contribution in [3.8, 4) is 11.5 Å². The van der Waals surface area contributed by atoms with Gasteiger partial charge in [-0.3, -0.25) is 18.9 Å². The summed E-state index contributed by atoms with van der Waals surface area (Å²) in [5, 5.41) is 2.48. The number of likely N-dealkylation sites (tertiary alicyclic amines) is 1. The van der Waals surface area contributed by atoms with E-state index in [0.717, 1.165) is 64.6 Å². The van der Waals surface area contributed by atoms with Gasteiger partial charge in [0.25, 0.3) is 33.7 Å². The van der Waals surface area contributed by atoms with Crippen molar-refractivity contribution in [1.29, 1.82) is 0 Å². The maximum absolute atomic E-state index is 14.4. The van der Waals surface area contributed by atoms with Crippen molar-refractivity contribution in [2.24, 2.45) is 5.92 Å². The summed E-state index contributed by atoms with van der Waals surface area (Å²) in [5.41, 5.74) is 4.99. The molecule has 0 atom stereocenters. The number of nitrogens with zero attached hydrogens (tertiary/aromatic N) is 6. The number of hydroxylamine groups is 2. The van der Waals surface area contributed by atoms with E-state index in [1.807, 2.05) is 49.0 Å². The summed E-state index contributed by atoms with van der Waals surface area (Å²) in [7, 11) is -4.41. The quantitative estimate of drug-likeness (QED) is 0.113. The Morgan fingerprint density at radius 1 is 0.908 bits per heavy atom. The average molecular weight is 911 g/mol. The summed E-state index contributed by atoms with van der Waals surface area (Å²) in [6.45, 7) is 19.7. The molecule has 2 saturated heterocycles. The number of hydrogen-bond acceptors (Lipinski definition) is 9. The van der Waals surface area contributed by atoms with E-state index >= 15 is 0 Å². The van der Waals surface area contributed by atoms with Gasteiger partial charge in [-0.15, -0.1) is 5.06 Å². The van der Waals surface area contributed by atoms with Gasteiger partial charge in [-0.1, -0.05) is 26.3 Å². The van der Waals surface area contributed by atoms with Gasteiger partial charge in [0.05, 0.1) is 29.6 Å². The van der Waals surface area contributed by atoms with Crippen molar-refractivity contribution in [3.63, 3.8) is 0 Å². The van der Waals surface area contributed by atoms with Crippen LogP contribution < -0.4 is 29.4 Å². The molecule has 0 aliphatic carbocycles. The fourth-order valence-electron chi connectivity index (χ4n) is 10.5. The van der Waals surface area contributed by atoms with Crippen LogP contribution in [0.15, 0.2) is 48.8 Å². The van der Waals surface area contributed by atoms with Gasteiger partial charge >= 0.3 is 5.97 Å². The Labute approximate surface area is 381 Å². The molecule has 2 fully saturated rings. The summed E-state index contributed by atoms with van der Waals surface area (Å²) < 4.78 is 49.0. The topological polar surface area (TPSA) is 163 Å². The number of imidazole rings is 1. The van der Waals surface area contributed by atoms with E-state index in [2.05, 4.69) is 73.8 Å². The van der Waals surface area contributed by atoms with E-state index in [-0.39, 0.29) is 30.8 Å². The molecule has 16 heteroatoms. The molecule has 346 valence electrons. The number of amides is 3. The lowest BCUT2D eigenvalue weighted by atomic mass is 9.85. The lowest BCUT2D eigenvalue weighted by Gasteiger charge is -2.43. The molecule has 0 bridgehead atoms. The first-order valence-corrected chi connectivity index (χ1v) is 24.7. The Hall–Kier alpha value is -5.61. The van der Waals surface area contributed by atoms with Crippen LogP contribution in [0.2, 0.25) is 0 Å². The van der Waals surface area contributed by atoms with Crippen LogP contribution >= 0.6 is 0 Å². The summed E-state index contributed by atoms with van der Waals surface area (Å²) in [6.07, 6.45) is 11.5. The maximum atomic E-state index is 14.4. The largest absolute Gasteiger partial charge is 0.456 e. The van der Waals surface area contributed by atoms with Crippen molar-refractivity contribution in [2.75, 3.05) is 36.8 Å². The van der Waals surface area contributed by atoms with Crippen LogP contribution in [0.5, 0.6) is 11.5 Å². The first kappa shape index (κ1) is 45.9. The van der Waals surface area contributed by atoms with E-state index in [4.69, 9.17) is 9.57 Å². The number of imide groups is 1. The number of ether oxygens (including phenoxy) is 1. The van der Waals surface area contributed by atoms with Gasteiger partial charge in [0.1, 0.15) is 36.2 Å². The number of piperidine rings is 1. The van der Waals surface area contributed by atoms with Crippen LogP contribution in [0.1, 0.15) is 123 Å². The standard InChI is InChI=1S/C49H61N6O9S/c1-9-13-18-51-21-22-52(29-44(58)50-19-16-32(17-20-50)47(59)64-55-42(56)14-15-43(55)57)46(51)45-36-23-34-31(10-2)27-48(5,6)53(11-3)38(34)25-40(36)63-41-26-39-35(24-37(41)45)33(30-65(60,61)62)28-49(7,8)54(39)12-4/h21-28,32H,9-20,29-30H2,1-8H3/q+1/p+1. The van der Waals surface area contributed by atoms with Gasteiger partial charge in [-0.2, -0.15) is 8.42 Å². The van der Waals surface area contributed by atoms with Gasteiger partial charge in [0, 0.05) is 80.0 Å². The van der Waals surface area contributed by atoms with E-state index < -0.39 is 45.1 Å². The third kappa shape index (κ3) is 8.55. The van der Waals surface area contributed by atoms with Crippen LogP contribution in [0.4, 0.5) is 5.69 Å². The van der Waals surface area contributed by atoms with Crippen molar-refractivity contribution in [1.82, 2.24) is 19.1 Å². The zero-order valence-electron chi connectivity index (χ0n) is 38.9. The molecule has 3 aromatic rings. The molecule has 0 unspecified atom stereocenters. The highest BCUT2D eigenvalue weighted by Gasteiger charge is 2.41. The summed E-state index contributed by atoms with van der Waals surface area (Å²) in [6, 6.07) is 8.34. The first-order chi connectivity index (χ1) is 30.8. The Kier molecular flexibility index (Phi) is 12.2. The number of benzene rings is 2. The molecule has 5 aliphatic rings. The van der Waals surface area contributed by atoms with Crippen LogP contribution in [0, 0.1) is 5.92 Å². The average Bonchev–Trinajstić information content (AvgIpc) is 3.79. The Bertz CT molecular complexity index is 2800. The Balaban J connectivity index is 1.28. The summed E-state index contributed by atoms with van der Waals surface area (Å²) in [5.74, 6) is -0.927. The van der Waals surface area contributed by atoms with Crippen LogP contribution in [-0.2, 0) is 47.2 Å². The molecular formula is C49H62N6O9S+2. The van der Waals surface area contributed by atoms with Crippen LogP contribution in [-0.4, -0.2) is 94.2 Å². The minimum atomic E-state index is -4.41. The Morgan fingerprint density at radius 3 is 2.25 bits per heavy atom. The van der Waals surface area contributed by atoms with Crippen molar-refractivity contribution >= 4 is 56.2 Å². The molecule has 3 amide bonds. The number of aromatic nitrogens is 2. The molecule has 8 rings (SSSR count). The normalized spacial score (nSPS) is 19.0. The number of hydrogen-bond donors (Lipinski definition) is 1. The third-order valence-electron chi connectivity index (χ3n) is 13.6. The number of fused-ring (bicyclic) bond motifs is 4. The number of carbonyl (C=O) groups is 4. The zero-order valence-corrected chi connectivity index (χ0v) is 39.7. The zero-order chi connectivity index (χ0) is 46.7. The van der Waals surface area contributed by atoms with Crippen molar-refractivity contribution in [3.05, 3.63) is 81.9 Å². The molecule has 0 saturated carbocycles. The fourth-order valence-corrected chi connectivity index (χ4v) is 11.2. The summed E-state index contributed by atoms with van der Waals surface area (Å²) >= 11 is 0. The number of allylic oxidation sites excluding steroid dienone is 1. The maximum Gasteiger partial charge on any atom is 0.336 e. The monoisotopic (exact) mass is 910 g/mol. The lowest BCUT2D eigenvalue weighted by molar-refractivity contribution is -0.686. The molecule has 1 aromatic heterocycles. The predicted octanol–water partition coefficient (Wildman–Crippen LogP) is 4.76. The highest BCUT2D eigenvalue weighted by Crippen LogP contribution is 2.46. The summed E-state index contributed by atoms with van der Waals surface area (Å²) in [4.78, 5) is 60.8. The number of aryl methyl sites for hydroxylation is 1. The minimum Gasteiger partial charge on any atom is -0.456 e. The molecule has 0 radical (unpaired) electrons. The second-order valence-electron chi connectivity index (χ2n) is 18.9. The second kappa shape index (κ2) is 17.3. The Morgan fingerprint density at radius 2 is 1.62 bits per heavy atom. The number of likely N-dealkylation sites (N-methyl/N-ethyl adjacent to an activating group) is 2.